The molecule has 156 valence electrons. The van der Waals surface area contributed by atoms with E-state index in [2.05, 4.69) is 105 Å². The molecule has 1 aliphatic carbocycles. The summed E-state index contributed by atoms with van der Waals surface area (Å²) in [4.78, 5) is 0. The molecule has 2 heterocycles. The largest absolute Gasteiger partial charge is 0.483 e. The van der Waals surface area contributed by atoms with Crippen LogP contribution >= 0.6 is 0 Å². The molecule has 3 atom stereocenters. The molecule has 0 spiro atoms. The van der Waals surface area contributed by atoms with Gasteiger partial charge in [-0.2, -0.15) is 0 Å². The number of benzene rings is 3. The minimum Gasteiger partial charge on any atom is -0.483 e. The average Bonchev–Trinajstić information content (AvgIpc) is 2.78. The van der Waals surface area contributed by atoms with E-state index in [-0.39, 0.29) is 17.1 Å². The van der Waals surface area contributed by atoms with E-state index in [1.54, 1.807) is 0 Å². The summed E-state index contributed by atoms with van der Waals surface area (Å²) in [6, 6.07) is 26.3. The van der Waals surface area contributed by atoms with Crippen molar-refractivity contribution in [2.45, 2.75) is 50.7 Å². The van der Waals surface area contributed by atoms with Crippen molar-refractivity contribution in [2.75, 3.05) is 5.32 Å². The quantitative estimate of drug-likeness (QED) is 0.466. The van der Waals surface area contributed by atoms with Gasteiger partial charge in [-0.05, 0) is 77.6 Å². The molecule has 2 heteroatoms. The SMILES string of the molecule is CC12CC[C@@H]3[C@H](Nc4ccc(-c5ccccc5)cc4C3(C)C)C1=Cc1ccccc1O2. The molecule has 31 heavy (non-hydrogen) atoms. The topological polar surface area (TPSA) is 21.3 Å². The predicted molar refractivity (Wildman–Crippen MR) is 128 cm³/mol. The van der Waals surface area contributed by atoms with Crippen LogP contribution in [0.5, 0.6) is 5.75 Å². The van der Waals surface area contributed by atoms with Gasteiger partial charge in [0.2, 0.25) is 0 Å². The Morgan fingerprint density at radius 2 is 1.65 bits per heavy atom. The number of fused-ring (bicyclic) bond motifs is 5. The predicted octanol–water partition coefficient (Wildman–Crippen LogP) is 7.07. The second-order valence-electron chi connectivity index (χ2n) is 10.1. The van der Waals surface area contributed by atoms with E-state index in [1.165, 1.54) is 33.5 Å². The zero-order valence-corrected chi connectivity index (χ0v) is 18.5. The normalized spacial score (nSPS) is 27.4. The van der Waals surface area contributed by atoms with Crippen LogP contribution in [0, 0.1) is 5.92 Å². The van der Waals surface area contributed by atoms with Crippen LogP contribution in [0.3, 0.4) is 0 Å². The summed E-state index contributed by atoms with van der Waals surface area (Å²) in [6.45, 7) is 7.13. The van der Waals surface area contributed by atoms with E-state index in [4.69, 9.17) is 4.74 Å². The Morgan fingerprint density at radius 1 is 0.871 bits per heavy atom. The molecule has 0 saturated heterocycles. The molecule has 1 N–H and O–H groups in total. The first kappa shape index (κ1) is 18.7. The Hall–Kier alpha value is -3.00. The van der Waals surface area contributed by atoms with Crippen LogP contribution in [-0.4, -0.2) is 11.6 Å². The van der Waals surface area contributed by atoms with Gasteiger partial charge in [0.05, 0.1) is 6.04 Å². The summed E-state index contributed by atoms with van der Waals surface area (Å²) in [7, 11) is 0. The summed E-state index contributed by atoms with van der Waals surface area (Å²) in [5, 5.41) is 3.94. The molecule has 1 unspecified atom stereocenters. The third-order valence-electron chi connectivity index (χ3n) is 7.90. The third kappa shape index (κ3) is 2.77. The van der Waals surface area contributed by atoms with Crippen LogP contribution in [0.1, 0.15) is 44.7 Å². The number of hydrogen-bond acceptors (Lipinski definition) is 2. The van der Waals surface area contributed by atoms with Gasteiger partial charge in [-0.15, -0.1) is 0 Å². The van der Waals surface area contributed by atoms with Crippen LogP contribution in [-0.2, 0) is 5.41 Å². The van der Waals surface area contributed by atoms with E-state index < -0.39 is 0 Å². The average molecular weight is 408 g/mol. The van der Waals surface area contributed by atoms with Gasteiger partial charge < -0.3 is 10.1 Å². The van der Waals surface area contributed by atoms with Crippen LogP contribution in [0.15, 0.2) is 78.4 Å². The second-order valence-corrected chi connectivity index (χ2v) is 10.1. The first-order valence-corrected chi connectivity index (χ1v) is 11.4. The van der Waals surface area contributed by atoms with Gasteiger partial charge in [-0.1, -0.05) is 68.4 Å². The van der Waals surface area contributed by atoms with Gasteiger partial charge >= 0.3 is 0 Å². The van der Waals surface area contributed by atoms with E-state index in [1.807, 2.05) is 0 Å². The van der Waals surface area contributed by atoms with Crippen molar-refractivity contribution in [1.82, 2.24) is 0 Å². The molecular formula is C29H29NO. The lowest BCUT2D eigenvalue weighted by atomic mass is 9.58. The van der Waals surface area contributed by atoms with Gasteiger partial charge in [-0.25, -0.2) is 0 Å². The maximum atomic E-state index is 6.60. The molecule has 2 nitrogen and oxygen atoms in total. The van der Waals surface area contributed by atoms with Crippen molar-refractivity contribution < 1.29 is 4.74 Å². The van der Waals surface area contributed by atoms with Crippen molar-refractivity contribution in [3.8, 4) is 16.9 Å². The second kappa shape index (κ2) is 6.50. The van der Waals surface area contributed by atoms with Crippen LogP contribution in [0.2, 0.25) is 0 Å². The molecule has 1 saturated carbocycles. The van der Waals surface area contributed by atoms with E-state index >= 15 is 0 Å². The lowest BCUT2D eigenvalue weighted by Gasteiger charge is -2.55. The highest BCUT2D eigenvalue weighted by molar-refractivity contribution is 5.73. The Balaban J connectivity index is 1.46. The summed E-state index contributed by atoms with van der Waals surface area (Å²) in [5.74, 6) is 1.54. The minimum atomic E-state index is -0.236. The van der Waals surface area contributed by atoms with Crippen LogP contribution < -0.4 is 10.1 Å². The lowest BCUT2D eigenvalue weighted by molar-refractivity contribution is 0.0604. The first-order valence-electron chi connectivity index (χ1n) is 11.4. The standard InChI is InChI=1S/C29H29NO/c1-28(2)22-15-16-29(3)24(18-21-11-7-8-12-26(21)31-29)27(22)30-25-14-13-20(17-23(25)28)19-9-5-4-6-10-19/h4-14,17-18,22,27,30H,15-16H2,1-3H3/t22-,27+,29?/m1/s1. The Kier molecular flexibility index (Phi) is 3.93. The highest BCUT2D eigenvalue weighted by atomic mass is 16.5. The van der Waals surface area contributed by atoms with Crippen molar-refractivity contribution >= 4 is 11.8 Å². The minimum absolute atomic E-state index is 0.0785. The van der Waals surface area contributed by atoms with E-state index in [9.17, 15) is 0 Å². The number of anilines is 1. The zero-order chi connectivity index (χ0) is 21.2. The van der Waals surface area contributed by atoms with Gasteiger partial charge in [0, 0.05) is 11.3 Å². The fraction of sp³-hybridized carbons (Fsp3) is 0.310. The summed E-state index contributed by atoms with van der Waals surface area (Å²) < 4.78 is 6.60. The van der Waals surface area contributed by atoms with Gasteiger partial charge in [0.15, 0.2) is 0 Å². The highest BCUT2D eigenvalue weighted by Gasteiger charge is 2.52. The maximum Gasteiger partial charge on any atom is 0.130 e. The highest BCUT2D eigenvalue weighted by Crippen LogP contribution is 2.54. The molecule has 6 rings (SSSR count). The number of ether oxygens (including phenoxy) is 1. The summed E-state index contributed by atoms with van der Waals surface area (Å²) >= 11 is 0. The summed E-state index contributed by atoms with van der Waals surface area (Å²) in [5.41, 5.74) is 7.69. The molecule has 3 aromatic carbocycles. The number of nitrogens with one attached hydrogen (secondary N) is 1. The lowest BCUT2D eigenvalue weighted by Crippen LogP contribution is -2.57. The Labute approximate surface area is 185 Å². The van der Waals surface area contributed by atoms with E-state index in [0.717, 1.165) is 18.6 Å². The van der Waals surface area contributed by atoms with Crippen LogP contribution in [0.4, 0.5) is 5.69 Å². The van der Waals surface area contributed by atoms with Crippen molar-refractivity contribution in [1.29, 1.82) is 0 Å². The molecule has 0 amide bonds. The van der Waals surface area contributed by atoms with Crippen molar-refractivity contribution in [2.24, 2.45) is 5.92 Å². The number of hydrogen-bond donors (Lipinski definition) is 1. The molecule has 3 aromatic rings. The van der Waals surface area contributed by atoms with Crippen molar-refractivity contribution in [3.63, 3.8) is 0 Å². The summed E-state index contributed by atoms with van der Waals surface area (Å²) in [6.07, 6.45) is 4.59. The molecule has 0 radical (unpaired) electrons. The number of para-hydroxylation sites is 1. The Morgan fingerprint density at radius 3 is 2.48 bits per heavy atom. The van der Waals surface area contributed by atoms with Crippen LogP contribution in [0.25, 0.3) is 17.2 Å². The zero-order valence-electron chi connectivity index (χ0n) is 18.5. The first-order chi connectivity index (χ1) is 15.0. The fourth-order valence-electron chi connectivity index (χ4n) is 6.08. The van der Waals surface area contributed by atoms with Gasteiger partial charge in [-0.3, -0.25) is 0 Å². The molecule has 3 aliphatic rings. The maximum absolute atomic E-state index is 6.60. The van der Waals surface area contributed by atoms with Crippen molar-refractivity contribution in [3.05, 3.63) is 89.5 Å². The molecule has 0 aromatic heterocycles. The van der Waals surface area contributed by atoms with Gasteiger partial charge in [0.25, 0.3) is 0 Å². The molecular weight excluding hydrogens is 378 g/mol. The Bertz CT molecular complexity index is 1190. The smallest absolute Gasteiger partial charge is 0.130 e. The molecule has 2 aliphatic heterocycles. The van der Waals surface area contributed by atoms with E-state index in [0.29, 0.717) is 5.92 Å². The third-order valence-corrected chi connectivity index (χ3v) is 7.90. The fourth-order valence-corrected chi connectivity index (χ4v) is 6.08. The monoisotopic (exact) mass is 407 g/mol. The molecule has 0 bridgehead atoms. The molecule has 1 fully saturated rings. The van der Waals surface area contributed by atoms with Gasteiger partial charge in [0.1, 0.15) is 11.4 Å². The number of rotatable bonds is 1.